The molecule has 0 heterocycles. The Kier molecular flexibility index (Phi) is 24.3. The molecule has 2 nitrogen and oxygen atoms in total. The van der Waals surface area contributed by atoms with Crippen LogP contribution in [0.1, 0.15) is 41.0 Å². The van der Waals surface area contributed by atoms with Crippen molar-refractivity contribution >= 4 is 5.91 Å². The van der Waals surface area contributed by atoms with Gasteiger partial charge in [0.15, 0.2) is 0 Å². The van der Waals surface area contributed by atoms with Crippen molar-refractivity contribution in [1.29, 1.82) is 0 Å². The fourth-order valence-electron chi connectivity index (χ4n) is 0.562. The molecule has 0 bridgehead atoms. The minimum Gasteiger partial charge on any atom is -0.359 e. The Labute approximate surface area is 101 Å². The molecule has 0 atom stereocenters. The second-order valence-corrected chi connectivity index (χ2v) is 2.89. The molecule has 0 aliphatic carbocycles. The van der Waals surface area contributed by atoms with E-state index >= 15 is 0 Å². The van der Waals surface area contributed by atoms with Crippen molar-refractivity contribution in [2.75, 3.05) is 7.05 Å². The number of carbonyl (C=O) groups is 1. The summed E-state index contributed by atoms with van der Waals surface area (Å²) in [6.45, 7) is 6.07. The average Bonchev–Trinajstić information content (AvgIpc) is 2.32. The monoisotopic (exact) mass is 225 g/mol. The summed E-state index contributed by atoms with van der Waals surface area (Å²) in [4.78, 5) is 10.1. The number of hydrogen-bond donors (Lipinski definition) is 1. The van der Waals surface area contributed by atoms with E-state index in [1.165, 1.54) is 6.42 Å². The lowest BCUT2D eigenvalue weighted by molar-refractivity contribution is -0.120. The van der Waals surface area contributed by atoms with Gasteiger partial charge in [-0.25, -0.2) is 0 Å². The summed E-state index contributed by atoms with van der Waals surface area (Å²) in [6.07, 6.45) is 1.83. The first-order chi connectivity index (χ1) is 7.22. The zero-order chi connectivity index (χ0) is 11.9. The lowest BCUT2D eigenvalue weighted by Crippen LogP contribution is -2.15. The summed E-state index contributed by atoms with van der Waals surface area (Å²) in [6, 6.07) is 12.0. The van der Waals surface area contributed by atoms with Gasteiger partial charge in [-0.2, -0.15) is 0 Å². The van der Waals surface area contributed by atoms with Gasteiger partial charge >= 0.3 is 0 Å². The van der Waals surface area contributed by atoms with Crippen LogP contribution in [-0.2, 0) is 4.79 Å². The van der Waals surface area contributed by atoms with Crippen molar-refractivity contribution < 1.29 is 4.79 Å². The zero-order valence-electron chi connectivity index (χ0n) is 10.3. The maximum Gasteiger partial charge on any atom is 0.219 e. The molecule has 2 heteroatoms. The van der Waals surface area contributed by atoms with E-state index in [2.05, 4.69) is 19.2 Å². The Morgan fingerprint density at radius 2 is 1.19 bits per heavy atom. The largest absolute Gasteiger partial charge is 0.359 e. The van der Waals surface area contributed by atoms with E-state index in [0.717, 1.165) is 0 Å². The molecule has 0 aromatic heterocycles. The molecule has 1 rings (SSSR count). The van der Waals surface area contributed by atoms with E-state index in [9.17, 15) is 4.79 Å². The smallest absolute Gasteiger partial charge is 0.219 e. The Bertz CT molecular complexity index is 177. The van der Waals surface area contributed by atoms with Gasteiger partial charge in [0.05, 0.1) is 0 Å². The molecule has 0 radical (unpaired) electrons. The minimum atomic E-state index is 0. The summed E-state index contributed by atoms with van der Waals surface area (Å²) in [5.41, 5.74) is 0. The van der Waals surface area contributed by atoms with Gasteiger partial charge in [-0.1, -0.05) is 71.0 Å². The van der Waals surface area contributed by atoms with Crippen LogP contribution in [0.2, 0.25) is 0 Å². The van der Waals surface area contributed by atoms with Gasteiger partial charge in [0.2, 0.25) is 5.91 Å². The number of rotatable bonds is 1. The SMILES string of the molecule is C.CCC.CCC(=O)NC.c1ccccc1. The van der Waals surface area contributed by atoms with E-state index in [1.54, 1.807) is 7.05 Å². The molecule has 0 aliphatic heterocycles. The fraction of sp³-hybridized carbons (Fsp3) is 0.500. The summed E-state index contributed by atoms with van der Waals surface area (Å²) in [5, 5.41) is 2.48. The van der Waals surface area contributed by atoms with Gasteiger partial charge < -0.3 is 5.32 Å². The summed E-state index contributed by atoms with van der Waals surface area (Å²) >= 11 is 0. The molecule has 16 heavy (non-hydrogen) atoms. The Hall–Kier alpha value is -1.31. The predicted molar refractivity (Wildman–Crippen MR) is 73.5 cm³/mol. The third-order valence-corrected chi connectivity index (χ3v) is 1.27. The van der Waals surface area contributed by atoms with Crippen molar-refractivity contribution in [3.63, 3.8) is 0 Å². The second-order valence-electron chi connectivity index (χ2n) is 2.89. The molecule has 1 aromatic carbocycles. The number of benzene rings is 1. The molecule has 0 fully saturated rings. The highest BCUT2D eigenvalue weighted by Crippen LogP contribution is 1.79. The Morgan fingerprint density at radius 1 is 0.938 bits per heavy atom. The van der Waals surface area contributed by atoms with Crippen LogP contribution < -0.4 is 5.32 Å². The van der Waals surface area contributed by atoms with Crippen molar-refractivity contribution in [2.24, 2.45) is 0 Å². The van der Waals surface area contributed by atoms with E-state index in [0.29, 0.717) is 6.42 Å². The highest BCUT2D eigenvalue weighted by molar-refractivity contribution is 5.74. The van der Waals surface area contributed by atoms with Crippen LogP contribution in [0.4, 0.5) is 0 Å². The van der Waals surface area contributed by atoms with Gasteiger partial charge in [0, 0.05) is 13.5 Å². The second kappa shape index (κ2) is 19.3. The lowest BCUT2D eigenvalue weighted by Gasteiger charge is -1.87. The number of carbonyl (C=O) groups excluding carboxylic acids is 1. The minimum absolute atomic E-state index is 0. The van der Waals surface area contributed by atoms with Crippen LogP contribution in [-0.4, -0.2) is 13.0 Å². The molecule has 1 amide bonds. The maximum absolute atomic E-state index is 10.1. The van der Waals surface area contributed by atoms with E-state index < -0.39 is 0 Å². The quantitative estimate of drug-likeness (QED) is 0.772. The van der Waals surface area contributed by atoms with Gasteiger partial charge in [0.1, 0.15) is 0 Å². The first-order valence-corrected chi connectivity index (χ1v) is 5.43. The molecule has 0 aliphatic rings. The predicted octanol–water partition coefficient (Wildman–Crippen LogP) is 3.88. The van der Waals surface area contributed by atoms with Crippen LogP contribution in [0.15, 0.2) is 36.4 Å². The molecule has 0 spiro atoms. The maximum atomic E-state index is 10.1. The summed E-state index contributed by atoms with van der Waals surface area (Å²) in [5.74, 6) is 0.0926. The molecule has 0 unspecified atom stereocenters. The van der Waals surface area contributed by atoms with Crippen LogP contribution in [0.5, 0.6) is 0 Å². The van der Waals surface area contributed by atoms with Crippen LogP contribution in [0, 0.1) is 0 Å². The van der Waals surface area contributed by atoms with Crippen LogP contribution >= 0.6 is 0 Å². The van der Waals surface area contributed by atoms with Gasteiger partial charge in [-0.3, -0.25) is 4.79 Å². The van der Waals surface area contributed by atoms with Gasteiger partial charge in [-0.05, 0) is 0 Å². The zero-order valence-corrected chi connectivity index (χ0v) is 10.3. The van der Waals surface area contributed by atoms with Gasteiger partial charge in [-0.15, -0.1) is 0 Å². The van der Waals surface area contributed by atoms with Crippen molar-refractivity contribution in [3.05, 3.63) is 36.4 Å². The van der Waals surface area contributed by atoms with E-state index in [4.69, 9.17) is 0 Å². The summed E-state index contributed by atoms with van der Waals surface area (Å²) < 4.78 is 0. The van der Waals surface area contributed by atoms with Gasteiger partial charge in [0.25, 0.3) is 0 Å². The number of nitrogens with one attached hydrogen (secondary N) is 1. The van der Waals surface area contributed by atoms with Crippen molar-refractivity contribution in [2.45, 2.75) is 41.0 Å². The Balaban J connectivity index is -0.000000163. The fourth-order valence-corrected chi connectivity index (χ4v) is 0.562. The molecule has 1 aromatic rings. The normalized spacial score (nSPS) is 7.00. The number of amides is 1. The standard InChI is InChI=1S/C6H6.C4H9NO.C3H8.CH4/c1-2-4-6-5-3-1;1-3-4(6)5-2;1-3-2;/h1-6H;3H2,1-2H3,(H,5,6);3H2,1-2H3;1H4. The highest BCUT2D eigenvalue weighted by Gasteiger charge is 1.84. The van der Waals surface area contributed by atoms with E-state index in [1.807, 2.05) is 43.3 Å². The van der Waals surface area contributed by atoms with Crippen LogP contribution in [0.3, 0.4) is 0 Å². The number of hydrogen-bond acceptors (Lipinski definition) is 1. The van der Waals surface area contributed by atoms with Crippen LogP contribution in [0.25, 0.3) is 0 Å². The van der Waals surface area contributed by atoms with Crippen molar-refractivity contribution in [1.82, 2.24) is 5.32 Å². The summed E-state index contributed by atoms with van der Waals surface area (Å²) in [7, 11) is 1.63. The third-order valence-electron chi connectivity index (χ3n) is 1.27. The highest BCUT2D eigenvalue weighted by atomic mass is 16.1. The molecule has 1 N–H and O–H groups in total. The molecular formula is C14H27NO. The first kappa shape index (κ1) is 20.1. The van der Waals surface area contributed by atoms with Crippen molar-refractivity contribution in [3.8, 4) is 0 Å². The molecule has 94 valence electrons. The van der Waals surface area contributed by atoms with E-state index in [-0.39, 0.29) is 13.3 Å². The average molecular weight is 225 g/mol. The molecular weight excluding hydrogens is 198 g/mol. The molecule has 0 saturated carbocycles. The molecule has 0 saturated heterocycles. The third kappa shape index (κ3) is 23.0. The first-order valence-electron chi connectivity index (χ1n) is 5.43. The Morgan fingerprint density at radius 3 is 1.25 bits per heavy atom. The topological polar surface area (TPSA) is 29.1 Å². The lowest BCUT2D eigenvalue weighted by atomic mass is 10.4.